The number of halogens is 1. The highest BCUT2D eigenvalue weighted by Crippen LogP contribution is 2.30. The molecule has 10 heteroatoms. The fourth-order valence-electron chi connectivity index (χ4n) is 2.96. The third-order valence-electron chi connectivity index (χ3n) is 4.90. The first kappa shape index (κ1) is 21.7. The number of anilines is 1. The molecule has 1 atom stereocenters. The van der Waals surface area contributed by atoms with Gasteiger partial charge in [-0.1, -0.05) is 11.8 Å². The Hall–Kier alpha value is -2.56. The van der Waals surface area contributed by atoms with Crippen molar-refractivity contribution in [3.8, 4) is 11.3 Å². The standard InChI is InChI=1S/C21H19FN4O2S3/c1-10-11(2)30-18-16(10)19(28)26(4)21(25-18)31-12(3)17(27)24-20-23-15(9-29-20)13-5-7-14(22)8-6-13/h5-9,12H,1-4H3,(H,23,24,27). The average Bonchev–Trinajstić information content (AvgIpc) is 3.31. The minimum absolute atomic E-state index is 0.106. The van der Waals surface area contributed by atoms with Gasteiger partial charge in [-0.25, -0.2) is 14.4 Å². The van der Waals surface area contributed by atoms with Crippen LogP contribution in [0.15, 0.2) is 39.6 Å². The third-order valence-corrected chi connectivity index (χ3v) is 7.90. The Morgan fingerprint density at radius 2 is 1.94 bits per heavy atom. The van der Waals surface area contributed by atoms with Gasteiger partial charge in [0.2, 0.25) is 5.91 Å². The molecule has 1 N–H and O–H groups in total. The third kappa shape index (κ3) is 4.28. The summed E-state index contributed by atoms with van der Waals surface area (Å²) in [6.45, 7) is 5.66. The molecule has 3 heterocycles. The smallest absolute Gasteiger partial charge is 0.262 e. The molecule has 1 unspecified atom stereocenters. The molecule has 3 aromatic heterocycles. The molecule has 1 amide bonds. The highest BCUT2D eigenvalue weighted by atomic mass is 32.2. The lowest BCUT2D eigenvalue weighted by atomic mass is 10.2. The molecular weight excluding hydrogens is 455 g/mol. The molecule has 0 aliphatic heterocycles. The molecule has 31 heavy (non-hydrogen) atoms. The second-order valence-electron chi connectivity index (χ2n) is 7.02. The maximum Gasteiger partial charge on any atom is 0.262 e. The number of nitrogens with zero attached hydrogens (tertiary/aromatic N) is 3. The van der Waals surface area contributed by atoms with Crippen LogP contribution in [0, 0.1) is 19.7 Å². The monoisotopic (exact) mass is 474 g/mol. The highest BCUT2D eigenvalue weighted by molar-refractivity contribution is 8.00. The molecule has 6 nitrogen and oxygen atoms in total. The van der Waals surface area contributed by atoms with E-state index >= 15 is 0 Å². The molecular formula is C21H19FN4O2S3. The van der Waals surface area contributed by atoms with Crippen LogP contribution < -0.4 is 10.9 Å². The van der Waals surface area contributed by atoms with Crippen molar-refractivity contribution in [3.05, 3.63) is 56.3 Å². The van der Waals surface area contributed by atoms with E-state index in [9.17, 15) is 14.0 Å². The summed E-state index contributed by atoms with van der Waals surface area (Å²) in [4.78, 5) is 36.2. The molecule has 4 aromatic rings. The van der Waals surface area contributed by atoms with Crippen LogP contribution in [0.5, 0.6) is 0 Å². The van der Waals surface area contributed by atoms with Crippen LogP contribution in [0.3, 0.4) is 0 Å². The lowest BCUT2D eigenvalue weighted by molar-refractivity contribution is -0.115. The van der Waals surface area contributed by atoms with Crippen molar-refractivity contribution in [2.75, 3.05) is 5.32 Å². The van der Waals surface area contributed by atoms with E-state index < -0.39 is 5.25 Å². The maximum atomic E-state index is 13.1. The number of amides is 1. The molecule has 160 valence electrons. The van der Waals surface area contributed by atoms with Gasteiger partial charge in [0.25, 0.3) is 5.56 Å². The number of thiophene rings is 1. The van der Waals surface area contributed by atoms with Gasteiger partial charge in [0.1, 0.15) is 10.6 Å². The van der Waals surface area contributed by atoms with Gasteiger partial charge >= 0.3 is 0 Å². The Kier molecular flexibility index (Phi) is 5.96. The number of hydrogen-bond donors (Lipinski definition) is 1. The van der Waals surface area contributed by atoms with E-state index in [-0.39, 0.29) is 17.3 Å². The number of carbonyl (C=O) groups excluding carboxylic acids is 1. The predicted molar refractivity (Wildman–Crippen MR) is 126 cm³/mol. The van der Waals surface area contributed by atoms with Crippen molar-refractivity contribution in [1.82, 2.24) is 14.5 Å². The lowest BCUT2D eigenvalue weighted by Crippen LogP contribution is -2.25. The quantitative estimate of drug-likeness (QED) is 0.326. The summed E-state index contributed by atoms with van der Waals surface area (Å²) in [6.07, 6.45) is 0. The van der Waals surface area contributed by atoms with Gasteiger partial charge in [-0.05, 0) is 50.6 Å². The normalized spacial score (nSPS) is 12.3. The predicted octanol–water partition coefficient (Wildman–Crippen LogP) is 4.99. The molecule has 0 saturated carbocycles. The van der Waals surface area contributed by atoms with Gasteiger partial charge in [0.15, 0.2) is 10.3 Å². The fraction of sp³-hybridized carbons (Fsp3) is 0.238. The molecule has 0 radical (unpaired) electrons. The molecule has 0 aliphatic rings. The summed E-state index contributed by atoms with van der Waals surface area (Å²) in [5.74, 6) is -0.551. The van der Waals surface area contributed by atoms with Crippen molar-refractivity contribution in [1.29, 1.82) is 0 Å². The van der Waals surface area contributed by atoms with Crippen LogP contribution in [0.2, 0.25) is 0 Å². The number of thiazole rings is 1. The number of rotatable bonds is 5. The highest BCUT2D eigenvalue weighted by Gasteiger charge is 2.21. The minimum Gasteiger partial charge on any atom is -0.301 e. The number of nitrogens with one attached hydrogen (secondary N) is 1. The van der Waals surface area contributed by atoms with Crippen LogP contribution in [0.25, 0.3) is 21.5 Å². The summed E-state index contributed by atoms with van der Waals surface area (Å²) in [7, 11) is 1.67. The van der Waals surface area contributed by atoms with E-state index in [0.29, 0.717) is 26.2 Å². The molecule has 1 aromatic carbocycles. The summed E-state index contributed by atoms with van der Waals surface area (Å²) in [6, 6.07) is 6.03. The van der Waals surface area contributed by atoms with Gasteiger partial charge in [0.05, 0.1) is 16.3 Å². The summed E-state index contributed by atoms with van der Waals surface area (Å²) < 4.78 is 14.6. The van der Waals surface area contributed by atoms with Crippen LogP contribution in [0.1, 0.15) is 17.4 Å². The van der Waals surface area contributed by atoms with Crippen LogP contribution >= 0.6 is 34.4 Å². The number of fused-ring (bicyclic) bond motifs is 1. The second kappa shape index (κ2) is 8.52. The van der Waals surface area contributed by atoms with E-state index in [1.165, 1.54) is 51.1 Å². The first-order chi connectivity index (χ1) is 14.7. The minimum atomic E-state index is -0.490. The molecule has 4 rings (SSSR count). The Labute approximate surface area is 190 Å². The second-order valence-corrected chi connectivity index (χ2v) is 10.4. The maximum absolute atomic E-state index is 13.1. The molecule has 0 fully saturated rings. The number of carbonyl (C=O) groups is 1. The molecule has 0 bridgehead atoms. The number of aromatic nitrogens is 3. The average molecular weight is 475 g/mol. The van der Waals surface area contributed by atoms with Gasteiger partial charge in [-0.3, -0.25) is 14.2 Å². The zero-order valence-corrected chi connectivity index (χ0v) is 19.7. The lowest BCUT2D eigenvalue weighted by Gasteiger charge is -2.12. The van der Waals surface area contributed by atoms with E-state index in [2.05, 4.69) is 15.3 Å². The first-order valence-electron chi connectivity index (χ1n) is 9.40. The molecule has 0 saturated heterocycles. The number of thioether (sulfide) groups is 1. The molecule has 0 spiro atoms. The number of hydrogen-bond acceptors (Lipinski definition) is 7. The van der Waals surface area contributed by atoms with Crippen molar-refractivity contribution < 1.29 is 9.18 Å². The van der Waals surface area contributed by atoms with E-state index in [1.807, 2.05) is 13.8 Å². The van der Waals surface area contributed by atoms with E-state index in [0.717, 1.165) is 16.0 Å². The summed E-state index contributed by atoms with van der Waals surface area (Å²) in [5.41, 5.74) is 2.29. The number of aryl methyl sites for hydroxylation is 2. The van der Waals surface area contributed by atoms with E-state index in [4.69, 9.17) is 0 Å². The van der Waals surface area contributed by atoms with Gasteiger partial charge < -0.3 is 5.32 Å². The van der Waals surface area contributed by atoms with Crippen molar-refractivity contribution >= 4 is 55.7 Å². The van der Waals surface area contributed by atoms with Crippen LogP contribution in [-0.2, 0) is 11.8 Å². The molecule has 0 aliphatic carbocycles. The Bertz CT molecular complexity index is 1340. The Balaban J connectivity index is 1.50. The van der Waals surface area contributed by atoms with Crippen molar-refractivity contribution in [2.45, 2.75) is 31.2 Å². The first-order valence-corrected chi connectivity index (χ1v) is 12.0. The summed E-state index contributed by atoms with van der Waals surface area (Å²) >= 11 is 4.01. The SMILES string of the molecule is Cc1sc2nc(SC(C)C(=O)Nc3nc(-c4ccc(F)cc4)cs3)n(C)c(=O)c2c1C. The number of benzene rings is 1. The van der Waals surface area contributed by atoms with Gasteiger partial charge in [-0.2, -0.15) is 0 Å². The Morgan fingerprint density at radius 3 is 2.65 bits per heavy atom. The van der Waals surface area contributed by atoms with Crippen molar-refractivity contribution in [2.24, 2.45) is 7.05 Å². The zero-order chi connectivity index (χ0) is 22.3. The summed E-state index contributed by atoms with van der Waals surface area (Å²) in [5, 5.41) is 5.72. The Morgan fingerprint density at radius 1 is 1.23 bits per heavy atom. The van der Waals surface area contributed by atoms with E-state index in [1.54, 1.807) is 31.5 Å². The largest absolute Gasteiger partial charge is 0.301 e. The zero-order valence-electron chi connectivity index (χ0n) is 17.2. The topological polar surface area (TPSA) is 76.9 Å². The van der Waals surface area contributed by atoms with Gasteiger partial charge in [-0.15, -0.1) is 22.7 Å². The van der Waals surface area contributed by atoms with Crippen molar-refractivity contribution in [3.63, 3.8) is 0 Å². The van der Waals surface area contributed by atoms with Crippen LogP contribution in [0.4, 0.5) is 9.52 Å². The van der Waals surface area contributed by atoms with Gasteiger partial charge in [0, 0.05) is 22.9 Å². The van der Waals surface area contributed by atoms with Crippen LogP contribution in [-0.4, -0.2) is 25.7 Å². The fourth-order valence-corrected chi connectivity index (χ4v) is 5.63.